The lowest BCUT2D eigenvalue weighted by atomic mass is 10.3. The molecule has 0 amide bonds. The van der Waals surface area contributed by atoms with Crippen LogP contribution in [-0.2, 0) is 4.74 Å². The molecule has 1 heterocycles. The number of rotatable bonds is 1. The number of esters is 1. The molecule has 0 radical (unpaired) electrons. The van der Waals surface area contributed by atoms with Gasteiger partial charge in [0.2, 0.25) is 0 Å². The summed E-state index contributed by atoms with van der Waals surface area (Å²) in [5.41, 5.74) is 0.377. The van der Waals surface area contributed by atoms with Gasteiger partial charge in [0.25, 0.3) is 0 Å². The zero-order chi connectivity index (χ0) is 10.0. The number of nitriles is 1. The third kappa shape index (κ3) is 1.76. The molecule has 68 valence electrons. The lowest BCUT2D eigenvalue weighted by Crippen LogP contribution is -2.03. The highest BCUT2D eigenvalue weighted by Crippen LogP contribution is 2.28. The largest absolute Gasteiger partial charge is 0.464 e. The summed E-state index contributed by atoms with van der Waals surface area (Å²) in [5, 5.41) is 8.73. The highest BCUT2D eigenvalue weighted by molar-refractivity contribution is 9.13. The summed E-state index contributed by atoms with van der Waals surface area (Å²) in [6, 6.07) is 1.89. The van der Waals surface area contributed by atoms with Gasteiger partial charge in [-0.2, -0.15) is 5.26 Å². The second-order valence-corrected chi connectivity index (χ2v) is 3.69. The molecule has 0 bridgehead atoms. The Bertz CT molecular complexity index is 392. The van der Waals surface area contributed by atoms with Crippen molar-refractivity contribution in [1.29, 1.82) is 5.26 Å². The number of carbonyl (C=O) groups excluding carboxylic acids is 1. The van der Waals surface area contributed by atoms with E-state index in [0.29, 0.717) is 9.08 Å². The molecule has 0 aliphatic rings. The smallest absolute Gasteiger partial charge is 0.355 e. The van der Waals surface area contributed by atoms with Crippen LogP contribution in [0.5, 0.6) is 0 Å². The summed E-state index contributed by atoms with van der Waals surface area (Å²) < 4.78 is 5.55. The molecular weight excluding hydrogens is 304 g/mol. The maximum atomic E-state index is 11.1. The van der Waals surface area contributed by atoms with E-state index in [2.05, 4.69) is 41.6 Å². The minimum atomic E-state index is -0.567. The summed E-state index contributed by atoms with van der Waals surface area (Å²) in [4.78, 5) is 13.8. The number of H-pyrrole nitrogens is 1. The van der Waals surface area contributed by atoms with E-state index >= 15 is 0 Å². The second-order valence-electron chi connectivity index (χ2n) is 2.11. The number of ether oxygens (including phenoxy) is 1. The molecule has 0 saturated heterocycles. The Morgan fingerprint density at radius 2 is 2.23 bits per heavy atom. The predicted molar refractivity (Wildman–Crippen MR) is 52.2 cm³/mol. The Morgan fingerprint density at radius 1 is 1.62 bits per heavy atom. The number of nitrogens with one attached hydrogen (secondary N) is 1. The second kappa shape index (κ2) is 3.94. The van der Waals surface area contributed by atoms with Crippen LogP contribution in [0.15, 0.2) is 9.08 Å². The minimum absolute atomic E-state index is 0.142. The molecule has 1 aromatic heterocycles. The first-order valence-electron chi connectivity index (χ1n) is 3.17. The van der Waals surface area contributed by atoms with Gasteiger partial charge in [-0.3, -0.25) is 0 Å². The zero-order valence-corrected chi connectivity index (χ0v) is 9.69. The van der Waals surface area contributed by atoms with Crippen molar-refractivity contribution in [2.45, 2.75) is 0 Å². The fourth-order valence-corrected chi connectivity index (χ4v) is 1.59. The molecule has 4 nitrogen and oxygen atoms in total. The van der Waals surface area contributed by atoms with E-state index in [9.17, 15) is 4.79 Å². The average Bonchev–Trinajstić information content (AvgIpc) is 2.42. The van der Waals surface area contributed by atoms with E-state index in [1.165, 1.54) is 7.11 Å². The Morgan fingerprint density at radius 3 is 2.69 bits per heavy atom. The molecule has 0 aliphatic heterocycles. The number of halogens is 2. The zero-order valence-electron chi connectivity index (χ0n) is 6.52. The van der Waals surface area contributed by atoms with Crippen molar-refractivity contribution in [3.8, 4) is 6.07 Å². The highest BCUT2D eigenvalue weighted by Gasteiger charge is 2.19. The number of hydrogen-bond donors (Lipinski definition) is 1. The van der Waals surface area contributed by atoms with Gasteiger partial charge in [-0.25, -0.2) is 4.79 Å². The lowest BCUT2D eigenvalue weighted by molar-refractivity contribution is 0.0594. The molecule has 13 heavy (non-hydrogen) atoms. The summed E-state index contributed by atoms with van der Waals surface area (Å²) in [6.07, 6.45) is 0. The lowest BCUT2D eigenvalue weighted by Gasteiger charge is -1.94. The Kier molecular flexibility index (Phi) is 3.12. The van der Waals surface area contributed by atoms with Gasteiger partial charge in [0.1, 0.15) is 11.8 Å². The summed E-state index contributed by atoms with van der Waals surface area (Å²) >= 11 is 6.29. The molecule has 0 fully saturated rings. The van der Waals surface area contributed by atoms with Crippen LogP contribution in [0.1, 0.15) is 16.1 Å². The highest BCUT2D eigenvalue weighted by atomic mass is 79.9. The van der Waals surface area contributed by atoms with E-state index in [1.54, 1.807) is 0 Å². The molecule has 0 unspecified atom stereocenters. The first-order chi connectivity index (χ1) is 6.11. The SMILES string of the molecule is COC(=O)c1[nH]c(Br)c(Br)c1C#N. The Hall–Kier alpha value is -0.800. The number of aromatic amines is 1. The fraction of sp³-hybridized carbons (Fsp3) is 0.143. The first kappa shape index (κ1) is 10.3. The van der Waals surface area contributed by atoms with Crippen molar-refractivity contribution in [3.05, 3.63) is 20.3 Å². The number of aromatic nitrogens is 1. The van der Waals surface area contributed by atoms with Crippen LogP contribution in [0.4, 0.5) is 0 Å². The van der Waals surface area contributed by atoms with Crippen LogP contribution >= 0.6 is 31.9 Å². The fourth-order valence-electron chi connectivity index (χ4n) is 0.807. The molecule has 6 heteroatoms. The maximum absolute atomic E-state index is 11.1. The molecular formula is C7H4Br2N2O2. The van der Waals surface area contributed by atoms with Gasteiger partial charge in [0, 0.05) is 0 Å². The summed E-state index contributed by atoms with van der Waals surface area (Å²) in [7, 11) is 1.26. The molecule has 1 N–H and O–H groups in total. The minimum Gasteiger partial charge on any atom is -0.464 e. The van der Waals surface area contributed by atoms with Crippen molar-refractivity contribution >= 4 is 37.8 Å². The third-order valence-electron chi connectivity index (χ3n) is 1.40. The van der Waals surface area contributed by atoms with Gasteiger partial charge < -0.3 is 9.72 Å². The monoisotopic (exact) mass is 306 g/mol. The molecule has 1 rings (SSSR count). The average molecular weight is 308 g/mol. The number of nitrogens with zero attached hydrogens (tertiary/aromatic N) is 1. The Labute approximate surface area is 91.1 Å². The van der Waals surface area contributed by atoms with Crippen molar-refractivity contribution in [1.82, 2.24) is 4.98 Å². The Balaban J connectivity index is 3.31. The summed E-state index contributed by atoms with van der Waals surface area (Å²) in [5.74, 6) is -0.567. The standard InChI is InChI=1S/C7H4Br2N2O2/c1-13-7(12)5-3(2-10)4(8)6(9)11-5/h11H,1H3. The number of carbonyl (C=O) groups is 1. The number of methoxy groups -OCH3 is 1. The van der Waals surface area contributed by atoms with E-state index in [-0.39, 0.29) is 11.3 Å². The van der Waals surface area contributed by atoms with Gasteiger partial charge in [0.05, 0.1) is 21.7 Å². The molecule has 0 saturated carbocycles. The van der Waals surface area contributed by atoms with Crippen molar-refractivity contribution in [2.24, 2.45) is 0 Å². The van der Waals surface area contributed by atoms with Crippen LogP contribution in [0, 0.1) is 11.3 Å². The van der Waals surface area contributed by atoms with Crippen LogP contribution < -0.4 is 0 Å². The third-order valence-corrected chi connectivity index (χ3v) is 3.32. The molecule has 0 aliphatic carbocycles. The maximum Gasteiger partial charge on any atom is 0.355 e. The topological polar surface area (TPSA) is 65.9 Å². The van der Waals surface area contributed by atoms with Crippen molar-refractivity contribution < 1.29 is 9.53 Å². The molecule has 0 aromatic carbocycles. The quantitative estimate of drug-likeness (QED) is 0.809. The normalized spacial score (nSPS) is 9.38. The van der Waals surface area contributed by atoms with E-state index in [1.807, 2.05) is 6.07 Å². The van der Waals surface area contributed by atoms with Crippen LogP contribution in [-0.4, -0.2) is 18.1 Å². The van der Waals surface area contributed by atoms with Crippen LogP contribution in [0.25, 0.3) is 0 Å². The van der Waals surface area contributed by atoms with Gasteiger partial charge in [-0.05, 0) is 31.9 Å². The first-order valence-corrected chi connectivity index (χ1v) is 4.75. The predicted octanol–water partition coefficient (Wildman–Crippen LogP) is 2.20. The summed E-state index contributed by atoms with van der Waals surface area (Å²) in [6.45, 7) is 0. The van der Waals surface area contributed by atoms with Gasteiger partial charge in [-0.15, -0.1) is 0 Å². The van der Waals surface area contributed by atoms with Crippen molar-refractivity contribution in [2.75, 3.05) is 7.11 Å². The van der Waals surface area contributed by atoms with Gasteiger partial charge in [0.15, 0.2) is 0 Å². The molecule has 1 aromatic rings. The molecule has 0 atom stereocenters. The number of hydrogen-bond acceptors (Lipinski definition) is 3. The van der Waals surface area contributed by atoms with Gasteiger partial charge >= 0.3 is 5.97 Å². The van der Waals surface area contributed by atoms with Crippen LogP contribution in [0.2, 0.25) is 0 Å². The van der Waals surface area contributed by atoms with E-state index in [4.69, 9.17) is 5.26 Å². The van der Waals surface area contributed by atoms with Crippen LogP contribution in [0.3, 0.4) is 0 Å². The van der Waals surface area contributed by atoms with E-state index in [0.717, 1.165) is 0 Å². The van der Waals surface area contributed by atoms with Crippen molar-refractivity contribution in [3.63, 3.8) is 0 Å². The van der Waals surface area contributed by atoms with Gasteiger partial charge in [-0.1, -0.05) is 0 Å². The van der Waals surface area contributed by atoms with E-state index < -0.39 is 5.97 Å². The molecule has 0 spiro atoms.